The summed E-state index contributed by atoms with van der Waals surface area (Å²) in [7, 11) is 0. The molecule has 2 amide bonds. The molecule has 136 valence electrons. The monoisotopic (exact) mass is 347 g/mol. The van der Waals surface area contributed by atoms with Gasteiger partial charge in [-0.15, -0.1) is 0 Å². The number of carbonyl (C=O) groups is 2. The number of amides is 2. The van der Waals surface area contributed by atoms with Gasteiger partial charge in [-0.1, -0.05) is 5.16 Å². The highest BCUT2D eigenvalue weighted by Gasteiger charge is 2.36. The summed E-state index contributed by atoms with van der Waals surface area (Å²) in [4.78, 5) is 25.9. The third-order valence-corrected chi connectivity index (χ3v) is 5.77. The summed E-state index contributed by atoms with van der Waals surface area (Å²) in [5.41, 5.74) is 5.88. The van der Waals surface area contributed by atoms with Crippen molar-refractivity contribution in [2.45, 2.75) is 50.5 Å². The van der Waals surface area contributed by atoms with Crippen molar-refractivity contribution in [3.63, 3.8) is 0 Å². The summed E-state index contributed by atoms with van der Waals surface area (Å²) < 4.78 is 11.0. The van der Waals surface area contributed by atoms with E-state index in [0.29, 0.717) is 37.2 Å². The van der Waals surface area contributed by atoms with Crippen LogP contribution < -0.4 is 5.73 Å². The standard InChI is InChI=1S/C18H25N3O4/c19-17(22)13-5-8-24-16(13)9-11-3-6-21(7-4-11)18(23)14-10-15(25-20-14)12-1-2-12/h10-13,16H,1-9H2,(H2,19,22)/t13-,16-/m1/s1. The van der Waals surface area contributed by atoms with E-state index in [1.165, 1.54) is 0 Å². The van der Waals surface area contributed by atoms with E-state index in [1.807, 2.05) is 4.90 Å². The molecule has 2 saturated heterocycles. The van der Waals surface area contributed by atoms with Crippen molar-refractivity contribution in [2.75, 3.05) is 19.7 Å². The first kappa shape index (κ1) is 16.6. The molecule has 0 spiro atoms. The van der Waals surface area contributed by atoms with E-state index >= 15 is 0 Å². The largest absolute Gasteiger partial charge is 0.377 e. The third kappa shape index (κ3) is 3.56. The Hall–Kier alpha value is -1.89. The Morgan fingerprint density at radius 2 is 1.96 bits per heavy atom. The van der Waals surface area contributed by atoms with E-state index in [1.54, 1.807) is 6.07 Å². The Morgan fingerprint density at radius 3 is 2.64 bits per heavy atom. The van der Waals surface area contributed by atoms with Crippen LogP contribution in [0, 0.1) is 11.8 Å². The first-order valence-corrected chi connectivity index (χ1v) is 9.28. The molecule has 25 heavy (non-hydrogen) atoms. The van der Waals surface area contributed by atoms with E-state index in [9.17, 15) is 9.59 Å². The highest BCUT2D eigenvalue weighted by molar-refractivity contribution is 5.92. The molecular formula is C18H25N3O4. The van der Waals surface area contributed by atoms with Crippen LogP contribution in [0.3, 0.4) is 0 Å². The molecule has 1 aromatic rings. The minimum Gasteiger partial charge on any atom is -0.377 e. The van der Waals surface area contributed by atoms with Gasteiger partial charge in [0.1, 0.15) is 5.76 Å². The molecule has 4 rings (SSSR count). The van der Waals surface area contributed by atoms with Gasteiger partial charge < -0.3 is 19.9 Å². The molecule has 3 fully saturated rings. The summed E-state index contributed by atoms with van der Waals surface area (Å²) in [5.74, 6) is 1.32. The van der Waals surface area contributed by atoms with Crippen LogP contribution in [0.5, 0.6) is 0 Å². The Morgan fingerprint density at radius 1 is 1.20 bits per heavy atom. The molecule has 3 aliphatic rings. The number of hydrogen-bond acceptors (Lipinski definition) is 5. The predicted molar refractivity (Wildman–Crippen MR) is 88.8 cm³/mol. The molecule has 1 saturated carbocycles. The summed E-state index contributed by atoms with van der Waals surface area (Å²) >= 11 is 0. The maximum atomic E-state index is 12.6. The zero-order chi connectivity index (χ0) is 17.4. The predicted octanol–water partition coefficient (Wildman–Crippen LogP) is 1.68. The van der Waals surface area contributed by atoms with Gasteiger partial charge >= 0.3 is 0 Å². The van der Waals surface area contributed by atoms with Gasteiger partial charge in [-0.05, 0) is 44.4 Å². The number of nitrogens with zero attached hydrogens (tertiary/aromatic N) is 2. The quantitative estimate of drug-likeness (QED) is 0.874. The van der Waals surface area contributed by atoms with E-state index in [4.69, 9.17) is 15.0 Å². The number of aromatic nitrogens is 1. The number of nitrogens with two attached hydrogens (primary N) is 1. The Bertz CT molecular complexity index is 647. The lowest BCUT2D eigenvalue weighted by Gasteiger charge is -2.33. The number of likely N-dealkylation sites (tertiary alicyclic amines) is 1. The van der Waals surface area contributed by atoms with Crippen LogP contribution in [-0.4, -0.2) is 47.7 Å². The van der Waals surface area contributed by atoms with Crippen molar-refractivity contribution in [1.29, 1.82) is 0 Å². The second-order valence-electron chi connectivity index (χ2n) is 7.57. The molecule has 2 aliphatic heterocycles. The van der Waals surface area contributed by atoms with Crippen LogP contribution in [0.2, 0.25) is 0 Å². The van der Waals surface area contributed by atoms with Crippen LogP contribution >= 0.6 is 0 Å². The maximum Gasteiger partial charge on any atom is 0.276 e. The number of carbonyl (C=O) groups excluding carboxylic acids is 2. The molecule has 7 nitrogen and oxygen atoms in total. The fraction of sp³-hybridized carbons (Fsp3) is 0.722. The van der Waals surface area contributed by atoms with E-state index < -0.39 is 0 Å². The van der Waals surface area contributed by atoms with Gasteiger partial charge in [0, 0.05) is 31.7 Å². The van der Waals surface area contributed by atoms with Crippen molar-refractivity contribution in [1.82, 2.24) is 10.1 Å². The average molecular weight is 347 g/mol. The first-order chi connectivity index (χ1) is 12.1. The minimum absolute atomic E-state index is 0.0405. The smallest absolute Gasteiger partial charge is 0.276 e. The molecule has 2 N–H and O–H groups in total. The normalized spacial score (nSPS) is 27.6. The van der Waals surface area contributed by atoms with E-state index in [-0.39, 0.29) is 23.8 Å². The second kappa shape index (κ2) is 6.78. The second-order valence-corrected chi connectivity index (χ2v) is 7.57. The van der Waals surface area contributed by atoms with Crippen LogP contribution in [0.25, 0.3) is 0 Å². The van der Waals surface area contributed by atoms with Crippen LogP contribution in [0.15, 0.2) is 10.6 Å². The SMILES string of the molecule is NC(=O)[C@@H]1CCO[C@@H]1CC1CCN(C(=O)c2cc(C3CC3)on2)CC1. The lowest BCUT2D eigenvalue weighted by atomic mass is 9.86. The maximum absolute atomic E-state index is 12.6. The van der Waals surface area contributed by atoms with Crippen molar-refractivity contribution in [3.05, 3.63) is 17.5 Å². The number of piperidine rings is 1. The fourth-order valence-corrected chi connectivity index (χ4v) is 4.02. The molecule has 1 aliphatic carbocycles. The van der Waals surface area contributed by atoms with Crippen molar-refractivity contribution >= 4 is 11.8 Å². The van der Waals surface area contributed by atoms with Gasteiger partial charge in [-0.3, -0.25) is 9.59 Å². The van der Waals surface area contributed by atoms with E-state index in [2.05, 4.69) is 5.16 Å². The summed E-state index contributed by atoms with van der Waals surface area (Å²) in [6.45, 7) is 2.04. The zero-order valence-electron chi connectivity index (χ0n) is 14.4. The lowest BCUT2D eigenvalue weighted by Crippen LogP contribution is -2.40. The highest BCUT2D eigenvalue weighted by Crippen LogP contribution is 2.40. The van der Waals surface area contributed by atoms with Gasteiger partial charge in [0.15, 0.2) is 5.69 Å². The molecular weight excluding hydrogens is 322 g/mol. The third-order valence-electron chi connectivity index (χ3n) is 5.77. The summed E-state index contributed by atoms with van der Waals surface area (Å²) in [6.07, 6.45) is 5.63. The molecule has 1 aromatic heterocycles. The Kier molecular flexibility index (Phi) is 4.50. The summed E-state index contributed by atoms with van der Waals surface area (Å²) in [6, 6.07) is 1.80. The van der Waals surface area contributed by atoms with Crippen LogP contribution in [0.4, 0.5) is 0 Å². The lowest BCUT2D eigenvalue weighted by molar-refractivity contribution is -0.123. The number of rotatable bonds is 5. The Balaban J connectivity index is 1.28. The number of hydrogen-bond donors (Lipinski definition) is 1. The number of ether oxygens (including phenoxy) is 1. The topological polar surface area (TPSA) is 98.7 Å². The van der Waals surface area contributed by atoms with Gasteiger partial charge in [0.05, 0.1) is 12.0 Å². The molecule has 0 aromatic carbocycles. The highest BCUT2D eigenvalue weighted by atomic mass is 16.5. The molecule has 0 radical (unpaired) electrons. The zero-order valence-corrected chi connectivity index (χ0v) is 14.4. The van der Waals surface area contributed by atoms with Crippen LogP contribution in [0.1, 0.15) is 60.7 Å². The van der Waals surface area contributed by atoms with Gasteiger partial charge in [-0.25, -0.2) is 0 Å². The molecule has 3 heterocycles. The molecule has 0 bridgehead atoms. The minimum atomic E-state index is -0.257. The summed E-state index contributed by atoms with van der Waals surface area (Å²) in [5, 5.41) is 3.95. The fourth-order valence-electron chi connectivity index (χ4n) is 4.02. The van der Waals surface area contributed by atoms with Crippen LogP contribution in [-0.2, 0) is 9.53 Å². The van der Waals surface area contributed by atoms with Crippen molar-refractivity contribution < 1.29 is 18.8 Å². The van der Waals surface area contributed by atoms with Crippen molar-refractivity contribution in [2.24, 2.45) is 17.6 Å². The average Bonchev–Trinajstić information content (AvgIpc) is 3.16. The molecule has 0 unspecified atom stereocenters. The van der Waals surface area contributed by atoms with Gasteiger partial charge in [0.2, 0.25) is 5.91 Å². The number of primary amides is 1. The molecule has 2 atom stereocenters. The van der Waals surface area contributed by atoms with Gasteiger partial charge in [-0.2, -0.15) is 0 Å². The van der Waals surface area contributed by atoms with Crippen molar-refractivity contribution in [3.8, 4) is 0 Å². The van der Waals surface area contributed by atoms with Gasteiger partial charge in [0.25, 0.3) is 5.91 Å². The first-order valence-electron chi connectivity index (χ1n) is 9.28. The Labute approximate surface area is 146 Å². The molecule has 7 heteroatoms. The van der Waals surface area contributed by atoms with E-state index in [0.717, 1.165) is 44.3 Å².